The van der Waals surface area contributed by atoms with Crippen LogP contribution in [0.2, 0.25) is 0 Å². The van der Waals surface area contributed by atoms with Gasteiger partial charge in [0.1, 0.15) is 5.82 Å². The Kier molecular flexibility index (Phi) is 4.62. The maximum absolute atomic E-state index is 5.36. The van der Waals surface area contributed by atoms with Crippen LogP contribution in [0.25, 0.3) is 11.4 Å². The largest absolute Gasteiger partial charge is 0.493 e. The second-order valence-electron chi connectivity index (χ2n) is 4.96. The first-order valence-electron chi connectivity index (χ1n) is 7.04. The molecule has 0 saturated heterocycles. The fourth-order valence-corrected chi connectivity index (χ4v) is 2.77. The summed E-state index contributed by atoms with van der Waals surface area (Å²) in [7, 11) is 3.27. The number of ether oxygens (including phenoxy) is 2. The van der Waals surface area contributed by atoms with Crippen LogP contribution in [0.15, 0.2) is 53.5 Å². The van der Waals surface area contributed by atoms with Crippen LogP contribution in [-0.2, 0) is 6.54 Å². The Hall–Kier alpha value is -2.34. The Balaban J connectivity index is 1.91. The average molecular weight is 374 g/mol. The Morgan fingerprint density at radius 3 is 2.65 bits per heavy atom. The van der Waals surface area contributed by atoms with Crippen LogP contribution in [0.1, 0.15) is 5.56 Å². The van der Waals surface area contributed by atoms with Gasteiger partial charge >= 0.3 is 0 Å². The summed E-state index contributed by atoms with van der Waals surface area (Å²) in [5.74, 6) is 2.31. The van der Waals surface area contributed by atoms with E-state index in [1.807, 2.05) is 30.5 Å². The van der Waals surface area contributed by atoms with E-state index < -0.39 is 0 Å². The fourth-order valence-electron chi connectivity index (χ4n) is 2.41. The van der Waals surface area contributed by atoms with E-state index in [-0.39, 0.29) is 0 Å². The Morgan fingerprint density at radius 2 is 1.91 bits per heavy atom. The van der Waals surface area contributed by atoms with Gasteiger partial charge in [-0.05, 0) is 39.7 Å². The van der Waals surface area contributed by atoms with Crippen molar-refractivity contribution in [2.45, 2.75) is 6.54 Å². The van der Waals surface area contributed by atoms with Crippen LogP contribution in [0.3, 0.4) is 0 Å². The summed E-state index contributed by atoms with van der Waals surface area (Å²) < 4.78 is 13.6. The minimum absolute atomic E-state index is 0.683. The summed E-state index contributed by atoms with van der Waals surface area (Å²) >= 11 is 3.44. The first kappa shape index (κ1) is 15.6. The zero-order valence-corrected chi connectivity index (χ0v) is 14.4. The summed E-state index contributed by atoms with van der Waals surface area (Å²) in [6.07, 6.45) is 7.30. The number of pyridine rings is 1. The first-order chi connectivity index (χ1) is 11.2. The van der Waals surface area contributed by atoms with Gasteiger partial charge in [-0.2, -0.15) is 0 Å². The molecule has 0 N–H and O–H groups in total. The maximum Gasteiger partial charge on any atom is 0.161 e. The van der Waals surface area contributed by atoms with Crippen molar-refractivity contribution in [3.8, 4) is 22.9 Å². The highest BCUT2D eigenvalue weighted by molar-refractivity contribution is 9.10. The molecule has 23 heavy (non-hydrogen) atoms. The third-order valence-electron chi connectivity index (χ3n) is 3.48. The van der Waals surface area contributed by atoms with Gasteiger partial charge in [0.05, 0.1) is 14.2 Å². The molecule has 3 rings (SSSR count). The van der Waals surface area contributed by atoms with E-state index in [1.54, 1.807) is 32.8 Å². The van der Waals surface area contributed by atoms with Crippen LogP contribution in [0.4, 0.5) is 0 Å². The van der Waals surface area contributed by atoms with Crippen molar-refractivity contribution in [2.75, 3.05) is 14.2 Å². The molecule has 6 heteroatoms. The predicted octanol–water partition coefficient (Wildman–Crippen LogP) is 3.77. The molecular formula is C17H16BrN3O2. The average Bonchev–Trinajstić information content (AvgIpc) is 3.03. The lowest BCUT2D eigenvalue weighted by Crippen LogP contribution is -2.02. The molecule has 0 amide bonds. The predicted molar refractivity (Wildman–Crippen MR) is 91.8 cm³/mol. The zero-order chi connectivity index (χ0) is 16.2. The molecular weight excluding hydrogens is 358 g/mol. The number of halogens is 1. The van der Waals surface area contributed by atoms with Crippen molar-refractivity contribution in [1.82, 2.24) is 14.5 Å². The van der Waals surface area contributed by atoms with Crippen LogP contribution in [0.5, 0.6) is 11.5 Å². The molecule has 3 aromatic rings. The second kappa shape index (κ2) is 6.83. The molecule has 0 aliphatic rings. The number of imidazole rings is 1. The third-order valence-corrected chi connectivity index (χ3v) is 3.91. The van der Waals surface area contributed by atoms with Crippen LogP contribution in [-0.4, -0.2) is 28.8 Å². The summed E-state index contributed by atoms with van der Waals surface area (Å²) in [5, 5.41) is 0. The number of benzene rings is 1. The quantitative estimate of drug-likeness (QED) is 0.682. The smallest absolute Gasteiger partial charge is 0.161 e. The van der Waals surface area contributed by atoms with Gasteiger partial charge in [0, 0.05) is 41.4 Å². The van der Waals surface area contributed by atoms with Crippen molar-refractivity contribution < 1.29 is 9.47 Å². The minimum atomic E-state index is 0.683. The maximum atomic E-state index is 5.36. The van der Waals surface area contributed by atoms with Gasteiger partial charge in [-0.25, -0.2) is 4.98 Å². The number of rotatable bonds is 5. The lowest BCUT2D eigenvalue weighted by Gasteiger charge is -2.11. The number of hydrogen-bond donors (Lipinski definition) is 0. The SMILES string of the molecule is COc1ccc(Cn2ccnc2-c2cncc(Br)c2)cc1OC. The lowest BCUT2D eigenvalue weighted by atomic mass is 10.2. The minimum Gasteiger partial charge on any atom is -0.493 e. The fraction of sp³-hybridized carbons (Fsp3) is 0.176. The molecule has 0 radical (unpaired) electrons. The van der Waals surface area contributed by atoms with E-state index in [0.29, 0.717) is 6.54 Å². The highest BCUT2D eigenvalue weighted by Crippen LogP contribution is 2.28. The summed E-state index contributed by atoms with van der Waals surface area (Å²) in [4.78, 5) is 8.65. The topological polar surface area (TPSA) is 49.2 Å². The number of nitrogens with zero attached hydrogens (tertiary/aromatic N) is 3. The second-order valence-corrected chi connectivity index (χ2v) is 5.88. The molecule has 0 aliphatic carbocycles. The van der Waals surface area contributed by atoms with E-state index in [4.69, 9.17) is 9.47 Å². The Morgan fingerprint density at radius 1 is 1.09 bits per heavy atom. The summed E-state index contributed by atoms with van der Waals surface area (Å²) in [6.45, 7) is 0.683. The summed E-state index contributed by atoms with van der Waals surface area (Å²) in [6, 6.07) is 7.90. The normalized spacial score (nSPS) is 10.6. The van der Waals surface area contributed by atoms with Gasteiger partial charge in [0.2, 0.25) is 0 Å². The van der Waals surface area contributed by atoms with Crippen molar-refractivity contribution >= 4 is 15.9 Å². The highest BCUT2D eigenvalue weighted by Gasteiger charge is 2.09. The summed E-state index contributed by atoms with van der Waals surface area (Å²) in [5.41, 5.74) is 2.06. The van der Waals surface area contributed by atoms with E-state index >= 15 is 0 Å². The monoisotopic (exact) mass is 373 g/mol. The van der Waals surface area contributed by atoms with Crippen LogP contribution in [0, 0.1) is 0 Å². The third kappa shape index (κ3) is 3.37. The molecule has 0 atom stereocenters. The van der Waals surface area contributed by atoms with Gasteiger partial charge in [0.25, 0.3) is 0 Å². The molecule has 118 valence electrons. The van der Waals surface area contributed by atoms with E-state index in [1.165, 1.54) is 0 Å². The van der Waals surface area contributed by atoms with Gasteiger partial charge in [-0.3, -0.25) is 4.98 Å². The first-order valence-corrected chi connectivity index (χ1v) is 7.83. The molecule has 1 aromatic carbocycles. The van der Waals surface area contributed by atoms with Crippen molar-refractivity contribution in [3.05, 3.63) is 59.1 Å². The molecule has 0 aliphatic heterocycles. The van der Waals surface area contributed by atoms with Crippen molar-refractivity contribution in [1.29, 1.82) is 0 Å². The van der Waals surface area contributed by atoms with Crippen molar-refractivity contribution in [2.24, 2.45) is 0 Å². The molecule has 0 unspecified atom stereocenters. The molecule has 2 heterocycles. The standard InChI is InChI=1S/C17H16BrN3O2/c1-22-15-4-3-12(7-16(15)23-2)11-21-6-5-20-17(21)13-8-14(18)10-19-9-13/h3-10H,11H2,1-2H3. The number of methoxy groups -OCH3 is 2. The molecule has 0 bridgehead atoms. The molecule has 5 nitrogen and oxygen atoms in total. The zero-order valence-electron chi connectivity index (χ0n) is 12.9. The molecule has 0 fully saturated rings. The Bertz CT molecular complexity index is 817. The van der Waals surface area contributed by atoms with Gasteiger partial charge in [-0.1, -0.05) is 6.07 Å². The van der Waals surface area contributed by atoms with Gasteiger partial charge < -0.3 is 14.0 Å². The molecule has 0 saturated carbocycles. The van der Waals surface area contributed by atoms with Crippen LogP contribution >= 0.6 is 15.9 Å². The molecule has 2 aromatic heterocycles. The van der Waals surface area contributed by atoms with Gasteiger partial charge in [-0.15, -0.1) is 0 Å². The molecule has 0 spiro atoms. The van der Waals surface area contributed by atoms with Gasteiger partial charge in [0.15, 0.2) is 11.5 Å². The van der Waals surface area contributed by atoms with Crippen molar-refractivity contribution in [3.63, 3.8) is 0 Å². The lowest BCUT2D eigenvalue weighted by molar-refractivity contribution is 0.354. The van der Waals surface area contributed by atoms with E-state index in [0.717, 1.165) is 32.9 Å². The number of hydrogen-bond acceptors (Lipinski definition) is 4. The number of aromatic nitrogens is 3. The highest BCUT2D eigenvalue weighted by atomic mass is 79.9. The Labute approximate surface area is 143 Å². The van der Waals surface area contributed by atoms with E-state index in [9.17, 15) is 0 Å². The van der Waals surface area contributed by atoms with E-state index in [2.05, 4.69) is 30.5 Å². The van der Waals surface area contributed by atoms with Crippen LogP contribution < -0.4 is 9.47 Å².